The molecule has 0 spiro atoms. The van der Waals surface area contributed by atoms with E-state index in [1.165, 1.54) is 0 Å². The van der Waals surface area contributed by atoms with Crippen molar-refractivity contribution in [3.05, 3.63) is 35.4 Å². The highest BCUT2D eigenvalue weighted by molar-refractivity contribution is 5.33. The monoisotopic (exact) mass is 184 g/mol. The van der Waals surface area contributed by atoms with Crippen LogP contribution in [0.25, 0.3) is 0 Å². The summed E-state index contributed by atoms with van der Waals surface area (Å²) in [7, 11) is 0. The van der Waals surface area contributed by atoms with Crippen molar-refractivity contribution in [2.75, 3.05) is 0 Å². The topological polar surface area (TPSA) is 9.23 Å². The summed E-state index contributed by atoms with van der Waals surface area (Å²) in [6, 6.07) is 7.59. The van der Waals surface area contributed by atoms with Crippen molar-refractivity contribution in [2.24, 2.45) is 0 Å². The molecule has 0 N–H and O–H groups in total. The average Bonchev–Trinajstić information content (AvgIpc) is 2.48. The SMILES string of the molecule is FC(F)OC1CCc2ccccc21. The minimum absolute atomic E-state index is 0.406. The summed E-state index contributed by atoms with van der Waals surface area (Å²) in [5, 5.41) is 0. The molecule has 1 aromatic carbocycles. The molecule has 1 aliphatic rings. The van der Waals surface area contributed by atoms with Crippen molar-refractivity contribution < 1.29 is 13.5 Å². The summed E-state index contributed by atoms with van der Waals surface area (Å²) in [5.74, 6) is 0. The summed E-state index contributed by atoms with van der Waals surface area (Å²) in [5.41, 5.74) is 2.05. The zero-order chi connectivity index (χ0) is 9.26. The van der Waals surface area contributed by atoms with E-state index in [1.807, 2.05) is 24.3 Å². The Balaban J connectivity index is 2.18. The number of alkyl halides is 2. The van der Waals surface area contributed by atoms with Crippen molar-refractivity contribution in [3.8, 4) is 0 Å². The fourth-order valence-corrected chi connectivity index (χ4v) is 1.78. The van der Waals surface area contributed by atoms with Gasteiger partial charge in [0.2, 0.25) is 0 Å². The lowest BCUT2D eigenvalue weighted by atomic mass is 10.1. The summed E-state index contributed by atoms with van der Waals surface area (Å²) < 4.78 is 28.4. The van der Waals surface area contributed by atoms with Crippen LogP contribution in [0.4, 0.5) is 8.78 Å². The average molecular weight is 184 g/mol. The van der Waals surface area contributed by atoms with Crippen molar-refractivity contribution in [1.82, 2.24) is 0 Å². The lowest BCUT2D eigenvalue weighted by Crippen LogP contribution is -2.05. The molecule has 0 saturated heterocycles. The van der Waals surface area contributed by atoms with E-state index in [2.05, 4.69) is 4.74 Å². The zero-order valence-corrected chi connectivity index (χ0v) is 7.04. The van der Waals surface area contributed by atoms with Crippen molar-refractivity contribution >= 4 is 0 Å². The van der Waals surface area contributed by atoms with Gasteiger partial charge in [0.1, 0.15) is 0 Å². The maximum Gasteiger partial charge on any atom is 0.345 e. The number of fused-ring (bicyclic) bond motifs is 1. The molecule has 1 aromatic rings. The van der Waals surface area contributed by atoms with E-state index in [0.29, 0.717) is 6.42 Å². The largest absolute Gasteiger partial charge is 0.345 e. The Kier molecular flexibility index (Phi) is 2.27. The molecule has 1 aliphatic carbocycles. The Labute approximate surface area is 75.3 Å². The van der Waals surface area contributed by atoms with Crippen LogP contribution in [-0.4, -0.2) is 6.61 Å². The van der Waals surface area contributed by atoms with Crippen LogP contribution >= 0.6 is 0 Å². The Morgan fingerprint density at radius 2 is 2.08 bits per heavy atom. The maximum atomic E-state index is 12.0. The lowest BCUT2D eigenvalue weighted by Gasteiger charge is -2.11. The van der Waals surface area contributed by atoms with Crippen LogP contribution in [0.15, 0.2) is 24.3 Å². The van der Waals surface area contributed by atoms with E-state index in [4.69, 9.17) is 0 Å². The number of hydrogen-bond acceptors (Lipinski definition) is 1. The molecule has 0 bridgehead atoms. The molecule has 0 saturated carbocycles. The summed E-state index contributed by atoms with van der Waals surface area (Å²) in [6.45, 7) is -2.67. The van der Waals surface area contributed by atoms with E-state index >= 15 is 0 Å². The lowest BCUT2D eigenvalue weighted by molar-refractivity contribution is -0.164. The van der Waals surface area contributed by atoms with E-state index in [-0.39, 0.29) is 0 Å². The molecule has 0 aromatic heterocycles. The molecule has 1 atom stereocenters. The molecule has 0 fully saturated rings. The fraction of sp³-hybridized carbons (Fsp3) is 0.400. The van der Waals surface area contributed by atoms with Gasteiger partial charge in [0, 0.05) is 0 Å². The first-order chi connectivity index (χ1) is 6.27. The van der Waals surface area contributed by atoms with Gasteiger partial charge in [0.15, 0.2) is 0 Å². The highest BCUT2D eigenvalue weighted by atomic mass is 19.3. The van der Waals surface area contributed by atoms with E-state index in [1.54, 1.807) is 0 Å². The molecule has 70 valence electrons. The smallest absolute Gasteiger partial charge is 0.315 e. The van der Waals surface area contributed by atoms with Crippen LogP contribution in [0.5, 0.6) is 0 Å². The van der Waals surface area contributed by atoms with Crippen LogP contribution in [0.3, 0.4) is 0 Å². The van der Waals surface area contributed by atoms with E-state index in [9.17, 15) is 8.78 Å². The fourth-order valence-electron chi connectivity index (χ4n) is 1.78. The second-order valence-corrected chi connectivity index (χ2v) is 3.12. The molecule has 0 aliphatic heterocycles. The predicted molar refractivity (Wildman–Crippen MR) is 44.6 cm³/mol. The second kappa shape index (κ2) is 3.42. The Bertz CT molecular complexity index is 299. The van der Waals surface area contributed by atoms with Crippen LogP contribution in [0.1, 0.15) is 23.7 Å². The first kappa shape index (κ1) is 8.63. The number of benzene rings is 1. The second-order valence-electron chi connectivity index (χ2n) is 3.12. The van der Waals surface area contributed by atoms with Crippen molar-refractivity contribution in [3.63, 3.8) is 0 Å². The number of ether oxygens (including phenoxy) is 1. The van der Waals surface area contributed by atoms with Crippen LogP contribution in [-0.2, 0) is 11.2 Å². The third kappa shape index (κ3) is 1.70. The van der Waals surface area contributed by atoms with Crippen molar-refractivity contribution in [2.45, 2.75) is 25.6 Å². The quantitative estimate of drug-likeness (QED) is 0.686. The summed E-state index contributed by atoms with van der Waals surface area (Å²) >= 11 is 0. The number of hydrogen-bond donors (Lipinski definition) is 0. The molecule has 0 amide bonds. The summed E-state index contributed by atoms with van der Waals surface area (Å²) in [6.07, 6.45) is 1.10. The molecule has 3 heteroatoms. The Morgan fingerprint density at radius 3 is 2.85 bits per heavy atom. The molecule has 0 radical (unpaired) electrons. The van der Waals surface area contributed by atoms with Gasteiger partial charge in [-0.05, 0) is 24.0 Å². The molecule has 1 nitrogen and oxygen atoms in total. The number of rotatable bonds is 2. The first-order valence-electron chi connectivity index (χ1n) is 4.29. The molecule has 2 rings (SSSR count). The van der Waals surface area contributed by atoms with Gasteiger partial charge in [-0.25, -0.2) is 0 Å². The normalized spacial score (nSPS) is 20.7. The minimum Gasteiger partial charge on any atom is -0.315 e. The highest BCUT2D eigenvalue weighted by Gasteiger charge is 2.24. The number of halogens is 2. The zero-order valence-electron chi connectivity index (χ0n) is 7.04. The molecular formula is C10H10F2O. The van der Waals surface area contributed by atoms with Gasteiger partial charge >= 0.3 is 6.61 Å². The van der Waals surface area contributed by atoms with Gasteiger partial charge in [-0.3, -0.25) is 0 Å². The number of aryl methyl sites for hydroxylation is 1. The predicted octanol–water partition coefficient (Wildman–Crippen LogP) is 2.91. The first-order valence-corrected chi connectivity index (χ1v) is 4.29. The van der Waals surface area contributed by atoms with Crippen molar-refractivity contribution in [1.29, 1.82) is 0 Å². The molecule has 0 heterocycles. The molecule has 1 unspecified atom stereocenters. The summed E-state index contributed by atoms with van der Waals surface area (Å²) in [4.78, 5) is 0. The van der Waals surface area contributed by atoms with Crippen LogP contribution in [0.2, 0.25) is 0 Å². The Hall–Kier alpha value is -0.960. The van der Waals surface area contributed by atoms with Gasteiger partial charge < -0.3 is 4.74 Å². The standard InChI is InChI=1S/C10H10F2O/c11-10(12)13-9-6-5-7-3-1-2-4-8(7)9/h1-4,9-10H,5-6H2. The molecular weight excluding hydrogens is 174 g/mol. The maximum absolute atomic E-state index is 12.0. The van der Waals surface area contributed by atoms with Crippen LogP contribution < -0.4 is 0 Å². The van der Waals surface area contributed by atoms with Gasteiger partial charge in [0.05, 0.1) is 6.10 Å². The van der Waals surface area contributed by atoms with Gasteiger partial charge in [-0.15, -0.1) is 0 Å². The van der Waals surface area contributed by atoms with E-state index in [0.717, 1.165) is 17.5 Å². The minimum atomic E-state index is -2.67. The molecule has 13 heavy (non-hydrogen) atoms. The van der Waals surface area contributed by atoms with E-state index < -0.39 is 12.7 Å². The van der Waals surface area contributed by atoms with Crippen LogP contribution in [0, 0.1) is 0 Å². The third-order valence-electron chi connectivity index (χ3n) is 2.34. The Morgan fingerprint density at radius 1 is 1.31 bits per heavy atom. The van der Waals surface area contributed by atoms with Gasteiger partial charge in [0.25, 0.3) is 0 Å². The van der Waals surface area contributed by atoms with Gasteiger partial charge in [-0.1, -0.05) is 24.3 Å². The third-order valence-corrected chi connectivity index (χ3v) is 2.34. The highest BCUT2D eigenvalue weighted by Crippen LogP contribution is 2.34. The van der Waals surface area contributed by atoms with Gasteiger partial charge in [-0.2, -0.15) is 8.78 Å².